The van der Waals surface area contributed by atoms with E-state index in [-0.39, 0.29) is 17.6 Å². The summed E-state index contributed by atoms with van der Waals surface area (Å²) in [6, 6.07) is 5.65. The molecule has 12 heteroatoms. The number of hydrogen-bond donors (Lipinski definition) is 0. The van der Waals surface area contributed by atoms with Gasteiger partial charge in [0.25, 0.3) is 0 Å². The lowest BCUT2D eigenvalue weighted by atomic mass is 10.1. The molecular weight excluding hydrogens is 393 g/mol. The fourth-order valence-electron chi connectivity index (χ4n) is 2.84. The monoisotopic (exact) mass is 410 g/mol. The SMILES string of the molecule is C[C@H](c1ccc(-n2cncn2)cc1)N(C)CN1C(=O)C(=O)N(CC(F)(F)F)C1=O. The number of urea groups is 1. The van der Waals surface area contributed by atoms with E-state index in [2.05, 4.69) is 10.1 Å². The molecule has 2 heterocycles. The predicted molar refractivity (Wildman–Crippen MR) is 92.4 cm³/mol. The number of hydrogen-bond acceptors (Lipinski definition) is 6. The third kappa shape index (κ3) is 4.26. The van der Waals surface area contributed by atoms with Crippen LogP contribution in [0.3, 0.4) is 0 Å². The van der Waals surface area contributed by atoms with Crippen molar-refractivity contribution in [3.63, 3.8) is 0 Å². The smallest absolute Gasteiger partial charge is 0.282 e. The number of amides is 4. The Bertz CT molecular complexity index is 913. The highest BCUT2D eigenvalue weighted by molar-refractivity contribution is 6.44. The van der Waals surface area contributed by atoms with Crippen LogP contribution in [0.15, 0.2) is 36.9 Å². The van der Waals surface area contributed by atoms with Crippen LogP contribution >= 0.6 is 0 Å². The van der Waals surface area contributed by atoms with Gasteiger partial charge in [0.1, 0.15) is 19.2 Å². The molecule has 0 saturated carbocycles. The number of carbonyl (C=O) groups excluding carboxylic acids is 3. The molecule has 3 rings (SSSR count). The van der Waals surface area contributed by atoms with Gasteiger partial charge < -0.3 is 0 Å². The summed E-state index contributed by atoms with van der Waals surface area (Å²) in [5, 5.41) is 4.02. The van der Waals surface area contributed by atoms with Gasteiger partial charge in [-0.05, 0) is 31.7 Å². The van der Waals surface area contributed by atoms with Crippen LogP contribution in [-0.2, 0) is 9.59 Å². The van der Waals surface area contributed by atoms with E-state index < -0.39 is 30.6 Å². The summed E-state index contributed by atoms with van der Waals surface area (Å²) >= 11 is 0. The Balaban J connectivity index is 1.69. The molecule has 154 valence electrons. The van der Waals surface area contributed by atoms with Crippen molar-refractivity contribution in [2.24, 2.45) is 0 Å². The number of carbonyl (C=O) groups is 3. The van der Waals surface area contributed by atoms with Gasteiger partial charge in [-0.1, -0.05) is 12.1 Å². The number of imide groups is 2. The van der Waals surface area contributed by atoms with Crippen molar-refractivity contribution in [1.29, 1.82) is 0 Å². The van der Waals surface area contributed by atoms with Gasteiger partial charge in [0, 0.05) is 6.04 Å². The number of halogens is 3. The Labute approximate surface area is 163 Å². The molecule has 0 spiro atoms. The number of benzene rings is 1. The molecule has 29 heavy (non-hydrogen) atoms. The maximum absolute atomic E-state index is 12.6. The van der Waals surface area contributed by atoms with Crippen LogP contribution in [-0.4, -0.2) is 73.7 Å². The van der Waals surface area contributed by atoms with E-state index in [4.69, 9.17) is 0 Å². The molecule has 0 radical (unpaired) electrons. The quantitative estimate of drug-likeness (QED) is 0.530. The van der Waals surface area contributed by atoms with Crippen LogP contribution in [0.2, 0.25) is 0 Å². The molecule has 2 aromatic rings. The summed E-state index contributed by atoms with van der Waals surface area (Å²) in [7, 11) is 1.59. The molecule has 1 saturated heterocycles. The predicted octanol–water partition coefficient (Wildman–Crippen LogP) is 1.57. The normalized spacial score (nSPS) is 16.3. The molecule has 4 amide bonds. The molecule has 1 fully saturated rings. The number of aromatic nitrogens is 3. The molecule has 1 atom stereocenters. The van der Waals surface area contributed by atoms with E-state index in [1.165, 1.54) is 6.33 Å². The lowest BCUT2D eigenvalue weighted by molar-refractivity contribution is -0.156. The van der Waals surface area contributed by atoms with Gasteiger partial charge in [0.15, 0.2) is 0 Å². The first-order valence-electron chi connectivity index (χ1n) is 8.48. The van der Waals surface area contributed by atoms with E-state index in [1.54, 1.807) is 42.0 Å². The third-order valence-corrected chi connectivity index (χ3v) is 4.56. The molecule has 1 aromatic heterocycles. The Morgan fingerprint density at radius 2 is 1.69 bits per heavy atom. The Hall–Kier alpha value is -3.28. The third-order valence-electron chi connectivity index (χ3n) is 4.56. The lowest BCUT2D eigenvalue weighted by Crippen LogP contribution is -2.43. The largest absolute Gasteiger partial charge is 0.406 e. The van der Waals surface area contributed by atoms with E-state index in [1.807, 2.05) is 12.1 Å². The highest BCUT2D eigenvalue weighted by Gasteiger charge is 2.49. The number of alkyl halides is 3. The fourth-order valence-corrected chi connectivity index (χ4v) is 2.84. The van der Waals surface area contributed by atoms with Crippen molar-refractivity contribution in [1.82, 2.24) is 29.5 Å². The average Bonchev–Trinajstić information content (AvgIpc) is 3.27. The maximum atomic E-state index is 12.6. The Morgan fingerprint density at radius 3 is 2.24 bits per heavy atom. The van der Waals surface area contributed by atoms with Crippen molar-refractivity contribution in [3.05, 3.63) is 42.5 Å². The first-order chi connectivity index (χ1) is 13.6. The summed E-state index contributed by atoms with van der Waals surface area (Å²) in [6.07, 6.45) is -1.84. The highest BCUT2D eigenvalue weighted by Crippen LogP contribution is 2.24. The zero-order chi connectivity index (χ0) is 21.3. The minimum absolute atomic E-state index is 0.0895. The zero-order valence-electron chi connectivity index (χ0n) is 15.5. The van der Waals surface area contributed by atoms with Gasteiger partial charge in [-0.25, -0.2) is 24.3 Å². The van der Waals surface area contributed by atoms with E-state index in [0.29, 0.717) is 4.90 Å². The van der Waals surface area contributed by atoms with Crippen LogP contribution in [0, 0.1) is 0 Å². The average molecular weight is 410 g/mol. The molecule has 0 aliphatic carbocycles. The van der Waals surface area contributed by atoms with Crippen LogP contribution in [0.5, 0.6) is 0 Å². The van der Waals surface area contributed by atoms with Crippen molar-refractivity contribution in [2.75, 3.05) is 20.3 Å². The van der Waals surface area contributed by atoms with Crippen molar-refractivity contribution >= 4 is 17.8 Å². The molecule has 0 N–H and O–H groups in total. The van der Waals surface area contributed by atoms with Crippen molar-refractivity contribution < 1.29 is 27.6 Å². The maximum Gasteiger partial charge on any atom is 0.406 e. The summed E-state index contributed by atoms with van der Waals surface area (Å²) in [6.45, 7) is -0.329. The van der Waals surface area contributed by atoms with E-state index in [0.717, 1.165) is 11.3 Å². The molecule has 1 aliphatic rings. The van der Waals surface area contributed by atoms with Gasteiger partial charge in [-0.3, -0.25) is 14.5 Å². The van der Waals surface area contributed by atoms with Crippen LogP contribution in [0.25, 0.3) is 5.69 Å². The number of nitrogens with zero attached hydrogens (tertiary/aromatic N) is 6. The van der Waals surface area contributed by atoms with Gasteiger partial charge in [-0.2, -0.15) is 18.3 Å². The topological polar surface area (TPSA) is 91.6 Å². The second-order valence-electron chi connectivity index (χ2n) is 6.53. The highest BCUT2D eigenvalue weighted by atomic mass is 19.4. The first-order valence-corrected chi connectivity index (χ1v) is 8.48. The Kier molecular flexibility index (Phi) is 5.38. The summed E-state index contributed by atoms with van der Waals surface area (Å²) in [5.74, 6) is -2.76. The standard InChI is InChI=1S/C17H17F3N6O3/c1-11(12-3-5-13(6-4-12)26-9-21-8-22-26)23(2)10-25-15(28)14(27)24(16(25)29)7-17(18,19)20/h3-6,8-9,11H,7,10H2,1-2H3/t11-/m1/s1. The summed E-state index contributed by atoms with van der Waals surface area (Å²) < 4.78 is 39.2. The molecule has 1 aliphatic heterocycles. The second-order valence-corrected chi connectivity index (χ2v) is 6.53. The van der Waals surface area contributed by atoms with Crippen molar-refractivity contribution in [3.8, 4) is 5.69 Å². The van der Waals surface area contributed by atoms with Gasteiger partial charge >= 0.3 is 24.0 Å². The summed E-state index contributed by atoms with van der Waals surface area (Å²) in [5.41, 5.74) is 1.60. The fraction of sp³-hybridized carbons (Fsp3) is 0.353. The molecular formula is C17H17F3N6O3. The van der Waals surface area contributed by atoms with Crippen LogP contribution in [0.1, 0.15) is 18.5 Å². The second kappa shape index (κ2) is 7.62. The van der Waals surface area contributed by atoms with Crippen LogP contribution in [0.4, 0.5) is 18.0 Å². The van der Waals surface area contributed by atoms with E-state index in [9.17, 15) is 27.6 Å². The lowest BCUT2D eigenvalue weighted by Gasteiger charge is -2.28. The van der Waals surface area contributed by atoms with Gasteiger partial charge in [0.2, 0.25) is 0 Å². The summed E-state index contributed by atoms with van der Waals surface area (Å²) in [4.78, 5) is 41.7. The number of rotatable bonds is 6. The molecule has 0 bridgehead atoms. The minimum atomic E-state index is -4.79. The minimum Gasteiger partial charge on any atom is -0.282 e. The molecule has 1 aromatic carbocycles. The first kappa shape index (κ1) is 20.5. The van der Waals surface area contributed by atoms with Crippen LogP contribution < -0.4 is 0 Å². The zero-order valence-corrected chi connectivity index (χ0v) is 15.5. The molecule has 9 nitrogen and oxygen atoms in total. The van der Waals surface area contributed by atoms with Crippen molar-refractivity contribution in [2.45, 2.75) is 19.1 Å². The molecule has 0 unspecified atom stereocenters. The van der Waals surface area contributed by atoms with Gasteiger partial charge in [0.05, 0.1) is 12.4 Å². The van der Waals surface area contributed by atoms with E-state index >= 15 is 0 Å². The Morgan fingerprint density at radius 1 is 1.07 bits per heavy atom. The van der Waals surface area contributed by atoms with Gasteiger partial charge in [-0.15, -0.1) is 0 Å².